The summed E-state index contributed by atoms with van der Waals surface area (Å²) >= 11 is 0. The molecule has 0 aromatic carbocycles. The van der Waals surface area contributed by atoms with Gasteiger partial charge in [-0.1, -0.05) is 54.3 Å². The minimum atomic E-state index is -0.469. The van der Waals surface area contributed by atoms with Crippen LogP contribution >= 0.6 is 0 Å². The molecule has 0 bridgehead atoms. The van der Waals surface area contributed by atoms with Crippen molar-refractivity contribution in [3.63, 3.8) is 0 Å². The number of rotatable bonds is 4. The van der Waals surface area contributed by atoms with Crippen molar-refractivity contribution in [1.82, 2.24) is 0 Å². The molecule has 0 aliphatic heterocycles. The minimum Gasteiger partial charge on any atom is -0.462 e. The summed E-state index contributed by atoms with van der Waals surface area (Å²) in [5, 5.41) is 0. The molecule has 0 radical (unpaired) electrons. The minimum absolute atomic E-state index is 0.252. The third-order valence-electron chi connectivity index (χ3n) is 5.09. The molecule has 4 heteroatoms. The normalized spacial score (nSPS) is 10.4. The number of esters is 2. The van der Waals surface area contributed by atoms with Gasteiger partial charge in [0, 0.05) is 11.1 Å². The summed E-state index contributed by atoms with van der Waals surface area (Å²) in [6.45, 7) is 4.00. The van der Waals surface area contributed by atoms with Crippen molar-refractivity contribution in [2.24, 2.45) is 0 Å². The molecule has 0 atom stereocenters. The van der Waals surface area contributed by atoms with Crippen LogP contribution in [-0.2, 0) is 9.47 Å². The monoisotopic (exact) mass is 422 g/mol. The SMILES string of the molecule is CCOC(=O)c1cc(C(=O)OCC)c2ccc(C#Cc3cc4cccccc-4c3)ccc1-2. The molecular weight excluding hydrogens is 400 g/mol. The van der Waals surface area contributed by atoms with Crippen LogP contribution < -0.4 is 0 Å². The summed E-state index contributed by atoms with van der Waals surface area (Å²) < 4.78 is 10.3. The number of hydrogen-bond acceptors (Lipinski definition) is 4. The lowest BCUT2D eigenvalue weighted by atomic mass is 10.1. The average Bonchev–Trinajstić information content (AvgIpc) is 3.18. The first-order valence-electron chi connectivity index (χ1n) is 10.5. The summed E-state index contributed by atoms with van der Waals surface area (Å²) in [5.41, 5.74) is 5.91. The van der Waals surface area contributed by atoms with Gasteiger partial charge < -0.3 is 9.47 Å². The highest BCUT2D eigenvalue weighted by atomic mass is 16.5. The standard InChI is InChI=1S/C28H22O4/c1-3-31-27(29)25-18-26(28(30)32-4-2)24-15-13-19(12-14-23(24)25)10-11-20-16-21-8-6-5-7-9-22(21)17-20/h5-9,12-18H,3-4H2,1-2H3. The lowest BCUT2D eigenvalue weighted by Crippen LogP contribution is -2.05. The lowest BCUT2D eigenvalue weighted by Gasteiger charge is -2.02. The average molecular weight is 422 g/mol. The van der Waals surface area contributed by atoms with Crippen molar-refractivity contribution in [1.29, 1.82) is 0 Å². The second kappa shape index (κ2) is 9.36. The predicted octanol–water partition coefficient (Wildman–Crippen LogP) is 5.65. The zero-order valence-corrected chi connectivity index (χ0v) is 18.0. The molecule has 0 unspecified atom stereocenters. The fourth-order valence-corrected chi connectivity index (χ4v) is 3.62. The highest BCUT2D eigenvalue weighted by molar-refractivity contribution is 6.08. The Kier molecular flexibility index (Phi) is 6.19. The molecule has 0 heterocycles. The van der Waals surface area contributed by atoms with E-state index in [-0.39, 0.29) is 13.2 Å². The molecule has 0 aromatic rings. The Hall–Kier alpha value is -4.10. The van der Waals surface area contributed by atoms with E-state index in [9.17, 15) is 9.59 Å². The first kappa shape index (κ1) is 21.1. The van der Waals surface area contributed by atoms with Crippen LogP contribution in [0.15, 0.2) is 72.8 Å². The predicted molar refractivity (Wildman–Crippen MR) is 124 cm³/mol. The van der Waals surface area contributed by atoms with Crippen molar-refractivity contribution in [3.05, 3.63) is 95.1 Å². The van der Waals surface area contributed by atoms with Crippen LogP contribution in [0.5, 0.6) is 0 Å². The highest BCUT2D eigenvalue weighted by Gasteiger charge is 2.25. The van der Waals surface area contributed by atoms with Crippen LogP contribution in [0.1, 0.15) is 45.7 Å². The number of ether oxygens (including phenoxy) is 2. The molecule has 32 heavy (non-hydrogen) atoms. The zero-order chi connectivity index (χ0) is 22.5. The van der Waals surface area contributed by atoms with Crippen LogP contribution in [0.3, 0.4) is 0 Å². The maximum atomic E-state index is 12.5. The van der Waals surface area contributed by atoms with Gasteiger partial charge in [0.25, 0.3) is 0 Å². The molecule has 4 aliphatic carbocycles. The summed E-state index contributed by atoms with van der Waals surface area (Å²) in [5.74, 6) is 5.45. The molecule has 0 aromatic heterocycles. The van der Waals surface area contributed by atoms with E-state index in [1.54, 1.807) is 32.0 Å². The zero-order valence-electron chi connectivity index (χ0n) is 18.0. The summed E-state index contributed by atoms with van der Waals surface area (Å²) in [4.78, 5) is 24.9. The van der Waals surface area contributed by atoms with Crippen molar-refractivity contribution < 1.29 is 19.1 Å². The van der Waals surface area contributed by atoms with Crippen molar-refractivity contribution in [2.45, 2.75) is 13.8 Å². The highest BCUT2D eigenvalue weighted by Crippen LogP contribution is 2.33. The Morgan fingerprint density at radius 2 is 1.16 bits per heavy atom. The molecule has 0 N–H and O–H groups in total. The van der Waals surface area contributed by atoms with E-state index in [1.165, 1.54) is 0 Å². The molecule has 0 saturated heterocycles. The topological polar surface area (TPSA) is 52.6 Å². The van der Waals surface area contributed by atoms with E-state index in [0.29, 0.717) is 22.3 Å². The molecule has 4 rings (SSSR count). The lowest BCUT2D eigenvalue weighted by molar-refractivity contribution is 0.0525. The van der Waals surface area contributed by atoms with E-state index < -0.39 is 11.9 Å². The second-order valence-electron chi connectivity index (χ2n) is 7.18. The van der Waals surface area contributed by atoms with Crippen LogP contribution in [0.4, 0.5) is 0 Å². The first-order valence-corrected chi connectivity index (χ1v) is 10.5. The maximum Gasteiger partial charge on any atom is 0.338 e. The van der Waals surface area contributed by atoms with Crippen LogP contribution in [0, 0.1) is 11.8 Å². The van der Waals surface area contributed by atoms with Crippen LogP contribution in [0.2, 0.25) is 0 Å². The van der Waals surface area contributed by atoms with E-state index in [4.69, 9.17) is 9.47 Å². The Bertz CT molecular complexity index is 1210. The Labute approximate surface area is 187 Å². The van der Waals surface area contributed by atoms with Crippen molar-refractivity contribution in [3.8, 4) is 34.1 Å². The Balaban J connectivity index is 1.75. The van der Waals surface area contributed by atoms with Gasteiger partial charge in [-0.15, -0.1) is 0 Å². The van der Waals surface area contributed by atoms with Gasteiger partial charge >= 0.3 is 11.9 Å². The summed E-state index contributed by atoms with van der Waals surface area (Å²) in [7, 11) is 0. The van der Waals surface area contributed by atoms with Crippen molar-refractivity contribution in [2.75, 3.05) is 13.2 Å². The van der Waals surface area contributed by atoms with E-state index >= 15 is 0 Å². The summed E-state index contributed by atoms with van der Waals surface area (Å²) in [6.07, 6.45) is 0. The molecule has 4 aliphatic rings. The first-order chi connectivity index (χ1) is 15.6. The second-order valence-corrected chi connectivity index (χ2v) is 7.18. The van der Waals surface area contributed by atoms with Crippen LogP contribution in [-0.4, -0.2) is 25.2 Å². The molecule has 4 nitrogen and oxygen atoms in total. The van der Waals surface area contributed by atoms with E-state index in [2.05, 4.69) is 36.1 Å². The fourth-order valence-electron chi connectivity index (χ4n) is 3.62. The third kappa shape index (κ3) is 4.33. The number of carbonyl (C=O) groups excluding carboxylic acids is 2. The third-order valence-corrected chi connectivity index (χ3v) is 5.09. The van der Waals surface area contributed by atoms with Gasteiger partial charge in [-0.05, 0) is 66.4 Å². The quantitative estimate of drug-likeness (QED) is 0.315. The van der Waals surface area contributed by atoms with Gasteiger partial charge in [0.05, 0.1) is 24.3 Å². The molecule has 0 amide bonds. The van der Waals surface area contributed by atoms with Crippen molar-refractivity contribution >= 4 is 11.9 Å². The largest absolute Gasteiger partial charge is 0.462 e. The van der Waals surface area contributed by atoms with Gasteiger partial charge in [-0.2, -0.15) is 0 Å². The van der Waals surface area contributed by atoms with E-state index in [1.807, 2.05) is 30.3 Å². The van der Waals surface area contributed by atoms with Crippen LogP contribution in [0.25, 0.3) is 22.3 Å². The molecule has 158 valence electrons. The molecule has 0 fully saturated rings. The van der Waals surface area contributed by atoms with Gasteiger partial charge in [0.2, 0.25) is 0 Å². The fraction of sp³-hybridized carbons (Fsp3) is 0.143. The maximum absolute atomic E-state index is 12.5. The van der Waals surface area contributed by atoms with E-state index in [0.717, 1.165) is 22.3 Å². The Morgan fingerprint density at radius 3 is 1.66 bits per heavy atom. The Morgan fingerprint density at radius 1 is 0.656 bits per heavy atom. The molecular formula is C28H22O4. The van der Waals surface area contributed by atoms with Gasteiger partial charge in [0.15, 0.2) is 0 Å². The number of carbonyl (C=O) groups is 2. The molecule has 0 saturated carbocycles. The number of fused-ring (bicyclic) bond motifs is 2. The summed E-state index contributed by atoms with van der Waals surface area (Å²) in [6, 6.07) is 23.1. The number of hydrogen-bond donors (Lipinski definition) is 0. The van der Waals surface area contributed by atoms with Gasteiger partial charge in [0.1, 0.15) is 0 Å². The molecule has 0 spiro atoms. The smallest absolute Gasteiger partial charge is 0.338 e. The van der Waals surface area contributed by atoms with Gasteiger partial charge in [-0.25, -0.2) is 9.59 Å². The van der Waals surface area contributed by atoms with Gasteiger partial charge in [-0.3, -0.25) is 0 Å².